The van der Waals surface area contributed by atoms with Gasteiger partial charge in [0, 0.05) is 0 Å². The quantitative estimate of drug-likeness (QED) is 0.597. The summed E-state index contributed by atoms with van der Waals surface area (Å²) in [6.07, 6.45) is 2.97. The fourth-order valence-corrected chi connectivity index (χ4v) is 2.39. The molecule has 0 spiro atoms. The molecule has 0 rings (SSSR count). The van der Waals surface area contributed by atoms with E-state index in [1.54, 1.807) is 0 Å². The molecular weight excluding hydrogens is 176 g/mol. The Balaban J connectivity index is 3.49. The molecule has 0 aliphatic carbocycles. The third-order valence-corrected chi connectivity index (χ3v) is 2.88. The van der Waals surface area contributed by atoms with E-state index >= 15 is 0 Å². The van der Waals surface area contributed by atoms with E-state index in [1.807, 2.05) is 13.8 Å². The van der Waals surface area contributed by atoms with Crippen molar-refractivity contribution in [3.63, 3.8) is 0 Å². The van der Waals surface area contributed by atoms with E-state index < -0.39 is 19.2 Å². The average molecular weight is 190 g/mol. The number of hydrogen-bond acceptors (Lipinski definition) is 2. The number of carbonyl (C=O) groups is 2. The van der Waals surface area contributed by atoms with Crippen molar-refractivity contribution in [1.29, 1.82) is 0 Å². The summed E-state index contributed by atoms with van der Waals surface area (Å²) < 4.78 is 0.428. The van der Waals surface area contributed by atoms with Gasteiger partial charge in [-0.25, -0.2) is 0 Å². The molecule has 0 amide bonds. The second-order valence-corrected chi connectivity index (χ2v) is 4.60. The maximum atomic E-state index is 11.0. The van der Waals surface area contributed by atoms with Gasteiger partial charge in [0.05, 0.1) is 0 Å². The second-order valence-electron chi connectivity index (χ2n) is 2.47. The van der Waals surface area contributed by atoms with Crippen LogP contribution in [-0.4, -0.2) is 8.18 Å². The van der Waals surface area contributed by atoms with Gasteiger partial charge in [-0.05, 0) is 0 Å². The Morgan fingerprint density at radius 3 is 1.64 bits per heavy atom. The fourth-order valence-electron chi connectivity index (χ4n) is 0.735. The van der Waals surface area contributed by atoms with E-state index in [-0.39, 0.29) is 8.18 Å². The average Bonchev–Trinajstić information content (AvgIpc) is 1.87. The first kappa shape index (κ1) is 11.1. The molecule has 0 saturated heterocycles. The molecule has 3 heteroatoms. The predicted molar refractivity (Wildman–Crippen MR) is 39.8 cm³/mol. The van der Waals surface area contributed by atoms with E-state index in [1.165, 1.54) is 0 Å². The van der Waals surface area contributed by atoms with Crippen LogP contribution in [0.1, 0.15) is 39.5 Å². The van der Waals surface area contributed by atoms with Crippen molar-refractivity contribution in [1.82, 2.24) is 0 Å². The summed E-state index contributed by atoms with van der Waals surface area (Å²) in [7, 11) is 0. The Hall–Kier alpha value is 0.0543. The van der Waals surface area contributed by atoms with E-state index in [4.69, 9.17) is 0 Å². The van der Waals surface area contributed by atoms with Crippen molar-refractivity contribution >= 4 is 8.18 Å². The van der Waals surface area contributed by atoms with Crippen LogP contribution in [0.4, 0.5) is 0 Å². The molecule has 0 unspecified atom stereocenters. The van der Waals surface area contributed by atoms with E-state index in [0.29, 0.717) is 12.8 Å². The zero-order valence-corrected chi connectivity index (χ0v) is 8.71. The van der Waals surface area contributed by atoms with Crippen LogP contribution < -0.4 is 0 Å². The Morgan fingerprint density at radius 1 is 1.00 bits per heavy atom. The first-order valence-corrected chi connectivity index (χ1v) is 5.59. The van der Waals surface area contributed by atoms with Crippen LogP contribution in [0.25, 0.3) is 0 Å². The van der Waals surface area contributed by atoms with Crippen molar-refractivity contribution in [2.45, 2.75) is 39.5 Å². The second kappa shape index (κ2) is 6.75. The van der Waals surface area contributed by atoms with Crippen LogP contribution in [-0.2, 0) is 28.7 Å². The molecule has 0 aliphatic heterocycles. The molecule has 0 bridgehead atoms. The molecule has 0 aromatic carbocycles. The van der Waals surface area contributed by atoms with E-state index in [9.17, 15) is 9.59 Å². The van der Waals surface area contributed by atoms with Gasteiger partial charge in [0.1, 0.15) is 0 Å². The molecule has 0 aromatic rings. The molecule has 0 heterocycles. The molecule has 0 aliphatic rings. The summed E-state index contributed by atoms with van der Waals surface area (Å²) >= 11 is -0.920. The first-order chi connectivity index (χ1) is 5.20. The SMILES string of the molecule is CCC[C](=O)[Ti][C](=O)CCC. The molecule has 62 valence electrons. The summed E-state index contributed by atoms with van der Waals surface area (Å²) in [5.41, 5.74) is 0. The van der Waals surface area contributed by atoms with Crippen LogP contribution in [0.2, 0.25) is 0 Å². The van der Waals surface area contributed by atoms with Gasteiger partial charge >= 0.3 is 76.4 Å². The molecular formula is C8H14O2Ti. The minimum absolute atomic E-state index is 0.214. The van der Waals surface area contributed by atoms with Gasteiger partial charge in [-0.3, -0.25) is 0 Å². The number of rotatable bonds is 6. The van der Waals surface area contributed by atoms with E-state index in [2.05, 4.69) is 0 Å². The molecule has 0 saturated carbocycles. The maximum absolute atomic E-state index is 11.0. The molecule has 2 nitrogen and oxygen atoms in total. The third-order valence-electron chi connectivity index (χ3n) is 1.23. The summed E-state index contributed by atoms with van der Waals surface area (Å²) in [6.45, 7) is 3.93. The molecule has 0 radical (unpaired) electrons. The van der Waals surface area contributed by atoms with Gasteiger partial charge in [0.15, 0.2) is 0 Å². The van der Waals surface area contributed by atoms with Crippen LogP contribution >= 0.6 is 0 Å². The van der Waals surface area contributed by atoms with Crippen LogP contribution in [0, 0.1) is 0 Å². The zero-order chi connectivity index (χ0) is 8.69. The Morgan fingerprint density at radius 2 is 1.36 bits per heavy atom. The third kappa shape index (κ3) is 6.45. The van der Waals surface area contributed by atoms with Crippen molar-refractivity contribution in [2.75, 3.05) is 0 Å². The fraction of sp³-hybridized carbons (Fsp3) is 0.750. The Bertz CT molecular complexity index is 127. The zero-order valence-electron chi connectivity index (χ0n) is 7.14. The van der Waals surface area contributed by atoms with Gasteiger partial charge in [0.25, 0.3) is 0 Å². The summed E-state index contributed by atoms with van der Waals surface area (Å²) in [5.74, 6) is 0. The van der Waals surface area contributed by atoms with Crippen LogP contribution in [0.15, 0.2) is 0 Å². The van der Waals surface area contributed by atoms with E-state index in [0.717, 1.165) is 12.8 Å². The Labute approximate surface area is 76.7 Å². The molecule has 0 fully saturated rings. The van der Waals surface area contributed by atoms with Gasteiger partial charge < -0.3 is 0 Å². The van der Waals surface area contributed by atoms with Gasteiger partial charge in [0.2, 0.25) is 0 Å². The van der Waals surface area contributed by atoms with Crippen LogP contribution in [0.3, 0.4) is 0 Å². The van der Waals surface area contributed by atoms with Crippen LogP contribution in [0.5, 0.6) is 0 Å². The molecule has 0 aromatic heterocycles. The number of carbonyl (C=O) groups excluding carboxylic acids is 2. The van der Waals surface area contributed by atoms with Crippen molar-refractivity contribution in [2.24, 2.45) is 0 Å². The molecule has 0 N–H and O–H groups in total. The topological polar surface area (TPSA) is 34.1 Å². The summed E-state index contributed by atoms with van der Waals surface area (Å²) in [5, 5.41) is 0. The first-order valence-electron chi connectivity index (χ1n) is 4.03. The normalized spacial score (nSPS) is 9.27. The molecule has 0 atom stereocenters. The molecule has 11 heavy (non-hydrogen) atoms. The summed E-state index contributed by atoms with van der Waals surface area (Å²) in [6, 6.07) is 0. The summed E-state index contributed by atoms with van der Waals surface area (Å²) in [4.78, 5) is 21.9. The van der Waals surface area contributed by atoms with Gasteiger partial charge in [-0.2, -0.15) is 0 Å². The predicted octanol–water partition coefficient (Wildman–Crippen LogP) is 1.72. The van der Waals surface area contributed by atoms with Gasteiger partial charge in [-0.15, -0.1) is 0 Å². The van der Waals surface area contributed by atoms with Gasteiger partial charge in [-0.1, -0.05) is 0 Å². The Kier molecular flexibility index (Phi) is 6.78. The number of hydrogen-bond donors (Lipinski definition) is 0. The van der Waals surface area contributed by atoms with Crippen molar-refractivity contribution in [3.05, 3.63) is 0 Å². The van der Waals surface area contributed by atoms with Crippen molar-refractivity contribution in [3.8, 4) is 0 Å². The standard InChI is InChI=1S/2C4H7O.Ti/c2*1-2-3-4-5;/h2*2-3H2,1H3;. The minimum atomic E-state index is -0.920. The van der Waals surface area contributed by atoms with Crippen molar-refractivity contribution < 1.29 is 28.7 Å². The monoisotopic (exact) mass is 190 g/mol.